The lowest BCUT2D eigenvalue weighted by atomic mass is 9.82. The third kappa shape index (κ3) is 4.30. The summed E-state index contributed by atoms with van der Waals surface area (Å²) in [4.78, 5) is 0. The van der Waals surface area contributed by atoms with Crippen LogP contribution in [0.1, 0.15) is 47.6 Å². The molecule has 0 saturated carbocycles. The monoisotopic (exact) mass is 699 g/mol. The molecule has 1 nitrogen and oxygen atoms in total. The van der Waals surface area contributed by atoms with Crippen molar-refractivity contribution in [2.75, 3.05) is 0 Å². The quantitative estimate of drug-likeness (QED) is 0.173. The van der Waals surface area contributed by atoms with Crippen LogP contribution in [0.25, 0.3) is 82.4 Å². The summed E-state index contributed by atoms with van der Waals surface area (Å²) >= 11 is 0. The van der Waals surface area contributed by atoms with Gasteiger partial charge in [-0.2, -0.15) is 0 Å². The van der Waals surface area contributed by atoms with Gasteiger partial charge in [-0.05, 0) is 125 Å². The van der Waals surface area contributed by atoms with Crippen molar-refractivity contribution >= 4 is 43.4 Å². The molecule has 9 aromatic carbocycles. The predicted molar refractivity (Wildman–Crippen MR) is 232 cm³/mol. The highest BCUT2D eigenvalue weighted by Crippen LogP contribution is 2.53. The topological polar surface area (TPSA) is 4.93 Å². The molecule has 1 heterocycles. The minimum atomic E-state index is -0.0803. The van der Waals surface area contributed by atoms with Gasteiger partial charge in [0.05, 0.1) is 11.0 Å². The van der Waals surface area contributed by atoms with Gasteiger partial charge in [0.1, 0.15) is 0 Å². The number of benzene rings is 9. The Balaban J connectivity index is 1.07. The first-order valence-electron chi connectivity index (χ1n) is 19.5. The molecule has 0 bridgehead atoms. The number of hydrogen-bond acceptors (Lipinski definition) is 0. The second-order valence-corrected chi connectivity index (χ2v) is 16.1. The zero-order chi connectivity index (χ0) is 36.4. The number of fused-ring (bicyclic) bond motifs is 11. The zero-order valence-corrected chi connectivity index (χ0v) is 30.8. The lowest BCUT2D eigenvalue weighted by Crippen LogP contribution is -2.14. The molecule has 10 aromatic rings. The minimum absolute atomic E-state index is 0.0803. The van der Waals surface area contributed by atoms with E-state index in [-0.39, 0.29) is 11.3 Å². The summed E-state index contributed by atoms with van der Waals surface area (Å²) in [6.07, 6.45) is 0. The van der Waals surface area contributed by atoms with E-state index in [1.807, 2.05) is 0 Å². The Hall–Kier alpha value is -6.70. The van der Waals surface area contributed by atoms with Crippen LogP contribution in [0.4, 0.5) is 0 Å². The highest BCUT2D eigenvalue weighted by Gasteiger charge is 2.36. The SMILES string of the molecule is CC1(C)c2ccccc2-c2cc3c(cc21)c1cc(-c2ccc4c(c2)-c2ccccc2C4c2cccc4ccccc24)ccc1n3-c1ccc2ccccc2c1. The number of rotatable bonds is 3. The van der Waals surface area contributed by atoms with Crippen LogP contribution in [0, 0.1) is 0 Å². The van der Waals surface area contributed by atoms with Gasteiger partial charge in [-0.15, -0.1) is 0 Å². The average Bonchev–Trinajstić information content (AvgIpc) is 3.82. The van der Waals surface area contributed by atoms with E-state index in [0.29, 0.717) is 0 Å². The fourth-order valence-electron chi connectivity index (χ4n) is 10.2. The van der Waals surface area contributed by atoms with Crippen LogP contribution in [0.2, 0.25) is 0 Å². The first kappa shape index (κ1) is 30.7. The molecule has 1 unspecified atom stereocenters. The van der Waals surface area contributed by atoms with Crippen molar-refractivity contribution in [1.82, 2.24) is 4.57 Å². The zero-order valence-electron chi connectivity index (χ0n) is 30.8. The van der Waals surface area contributed by atoms with Crippen LogP contribution in [-0.2, 0) is 5.41 Å². The summed E-state index contributed by atoms with van der Waals surface area (Å²) in [7, 11) is 0. The van der Waals surface area contributed by atoms with Gasteiger partial charge in [-0.25, -0.2) is 0 Å². The summed E-state index contributed by atoms with van der Waals surface area (Å²) in [6, 6.07) is 68.4. The lowest BCUT2D eigenvalue weighted by molar-refractivity contribution is 0.661. The summed E-state index contributed by atoms with van der Waals surface area (Å²) in [5.74, 6) is 0.198. The van der Waals surface area contributed by atoms with Crippen molar-refractivity contribution in [2.24, 2.45) is 0 Å². The molecule has 1 heteroatoms. The molecule has 12 rings (SSSR count). The molecular formula is C54H37N. The third-order valence-electron chi connectivity index (χ3n) is 12.9. The molecule has 0 aliphatic heterocycles. The first-order valence-corrected chi connectivity index (χ1v) is 19.5. The van der Waals surface area contributed by atoms with Gasteiger partial charge in [-0.1, -0.05) is 153 Å². The second-order valence-electron chi connectivity index (χ2n) is 16.1. The van der Waals surface area contributed by atoms with Gasteiger partial charge in [-0.3, -0.25) is 0 Å². The predicted octanol–water partition coefficient (Wildman–Crippen LogP) is 14.2. The molecule has 0 saturated heterocycles. The van der Waals surface area contributed by atoms with Crippen molar-refractivity contribution in [3.8, 4) is 39.1 Å². The van der Waals surface area contributed by atoms with E-state index in [0.717, 1.165) is 0 Å². The van der Waals surface area contributed by atoms with E-state index >= 15 is 0 Å². The first-order chi connectivity index (χ1) is 27.0. The van der Waals surface area contributed by atoms with E-state index < -0.39 is 0 Å². The Morgan fingerprint density at radius 1 is 0.382 bits per heavy atom. The molecule has 1 aromatic heterocycles. The molecule has 2 aliphatic rings. The maximum absolute atomic E-state index is 2.50. The maximum Gasteiger partial charge on any atom is 0.0547 e. The van der Waals surface area contributed by atoms with Gasteiger partial charge in [0.15, 0.2) is 0 Å². The maximum atomic E-state index is 2.50. The largest absolute Gasteiger partial charge is 0.309 e. The normalized spacial score (nSPS) is 15.1. The molecule has 0 N–H and O–H groups in total. The lowest BCUT2D eigenvalue weighted by Gasteiger charge is -2.21. The Bertz CT molecular complexity index is 3240. The smallest absolute Gasteiger partial charge is 0.0547 e. The number of nitrogens with zero attached hydrogens (tertiary/aromatic N) is 1. The molecule has 0 amide bonds. The molecule has 55 heavy (non-hydrogen) atoms. The highest BCUT2D eigenvalue weighted by atomic mass is 15.0. The summed E-state index contributed by atoms with van der Waals surface area (Å²) < 4.78 is 2.49. The van der Waals surface area contributed by atoms with E-state index in [1.165, 1.54) is 110 Å². The third-order valence-corrected chi connectivity index (χ3v) is 12.9. The van der Waals surface area contributed by atoms with Crippen molar-refractivity contribution in [3.63, 3.8) is 0 Å². The van der Waals surface area contributed by atoms with Gasteiger partial charge in [0.25, 0.3) is 0 Å². The summed E-state index contributed by atoms with van der Waals surface area (Å²) in [5, 5.41) is 7.70. The van der Waals surface area contributed by atoms with Crippen LogP contribution < -0.4 is 0 Å². The number of aromatic nitrogens is 1. The standard InChI is InChI=1S/C54H37N/c1-54(2)49-21-10-9-18-41(49)46-32-52-48(31-50(46)54)47-30-37(24-27-51(47)55(52)38-25-22-33-12-3-4-14-35(33)28-38)36-23-26-44-45(29-36)40-17-7-8-19-43(40)53(44)42-20-11-15-34-13-5-6-16-39(34)42/h3-32,53H,1-2H3. The molecule has 1 atom stereocenters. The summed E-state index contributed by atoms with van der Waals surface area (Å²) in [6.45, 7) is 4.76. The molecule has 0 fully saturated rings. The minimum Gasteiger partial charge on any atom is -0.309 e. The van der Waals surface area contributed by atoms with Crippen LogP contribution >= 0.6 is 0 Å². The second kappa shape index (κ2) is 11.2. The van der Waals surface area contributed by atoms with E-state index in [1.54, 1.807) is 0 Å². The fraction of sp³-hybridized carbons (Fsp3) is 0.0741. The Morgan fingerprint density at radius 3 is 1.96 bits per heavy atom. The van der Waals surface area contributed by atoms with Gasteiger partial charge in [0.2, 0.25) is 0 Å². The van der Waals surface area contributed by atoms with E-state index in [4.69, 9.17) is 0 Å². The number of hydrogen-bond donors (Lipinski definition) is 0. The fourth-order valence-corrected chi connectivity index (χ4v) is 10.2. The van der Waals surface area contributed by atoms with Crippen LogP contribution in [0.15, 0.2) is 182 Å². The van der Waals surface area contributed by atoms with Gasteiger partial charge in [0, 0.05) is 27.8 Å². The average molecular weight is 700 g/mol. The van der Waals surface area contributed by atoms with E-state index in [2.05, 4.69) is 200 Å². The van der Waals surface area contributed by atoms with Crippen LogP contribution in [0.3, 0.4) is 0 Å². The molecule has 0 spiro atoms. The Kier molecular flexibility index (Phi) is 6.24. The van der Waals surface area contributed by atoms with Crippen molar-refractivity contribution in [2.45, 2.75) is 25.2 Å². The highest BCUT2D eigenvalue weighted by molar-refractivity contribution is 6.13. The van der Waals surface area contributed by atoms with E-state index in [9.17, 15) is 0 Å². The van der Waals surface area contributed by atoms with Gasteiger partial charge < -0.3 is 4.57 Å². The molecular weight excluding hydrogens is 663 g/mol. The molecule has 0 radical (unpaired) electrons. The van der Waals surface area contributed by atoms with Crippen molar-refractivity contribution < 1.29 is 0 Å². The summed E-state index contributed by atoms with van der Waals surface area (Å²) in [5.41, 5.74) is 18.4. The Morgan fingerprint density at radius 2 is 1.05 bits per heavy atom. The van der Waals surface area contributed by atoms with Crippen molar-refractivity contribution in [3.05, 3.63) is 210 Å². The van der Waals surface area contributed by atoms with Crippen molar-refractivity contribution in [1.29, 1.82) is 0 Å². The van der Waals surface area contributed by atoms with Gasteiger partial charge >= 0.3 is 0 Å². The molecule has 2 aliphatic carbocycles. The van der Waals surface area contributed by atoms with Crippen LogP contribution in [0.5, 0.6) is 0 Å². The van der Waals surface area contributed by atoms with Crippen LogP contribution in [-0.4, -0.2) is 4.57 Å². The molecule has 258 valence electrons. The Labute approximate surface area is 320 Å².